The molecule has 7 nitrogen and oxygen atoms in total. The second-order valence-electron chi connectivity index (χ2n) is 15.6. The minimum absolute atomic E-state index is 0.0304. The van der Waals surface area contributed by atoms with Crippen LogP contribution in [0.5, 0.6) is 0 Å². The number of benzene rings is 8. The molecule has 2 heterocycles. The molecule has 0 fully saturated rings. The second-order valence-corrected chi connectivity index (χ2v) is 15.6. The molecule has 10 aromatic rings. The SMILES string of the molecule is [C-]#[N+]c1ccc(-c2ccc3c(c2)c2ccccc2n3-c2cc(-c3c(C)cccc3C(F)(F)F)c(-n3c4ccccc4c4cc(-c5ccc(C#N)cc5C#N)ccc43)cc2C#N)c([N+]#[C-])c1. The molecule has 8 aromatic carbocycles. The average Bonchev–Trinajstić information content (AvgIpc) is 3.84. The van der Waals surface area contributed by atoms with Crippen LogP contribution in [0.25, 0.3) is 98.1 Å². The molecule has 0 bridgehead atoms. The monoisotopic (exact) mass is 843 g/mol. The van der Waals surface area contributed by atoms with Gasteiger partial charge in [-0.15, -0.1) is 0 Å². The molecule has 0 aliphatic rings. The molecule has 0 atom stereocenters. The van der Waals surface area contributed by atoms with E-state index in [2.05, 4.69) is 27.9 Å². The van der Waals surface area contributed by atoms with Crippen LogP contribution in [0.15, 0.2) is 152 Å². The van der Waals surface area contributed by atoms with Crippen molar-refractivity contribution in [1.29, 1.82) is 15.8 Å². The Morgan fingerprint density at radius 1 is 0.508 bits per heavy atom. The average molecular weight is 844 g/mol. The Bertz CT molecular complexity index is 3910. The van der Waals surface area contributed by atoms with Crippen molar-refractivity contribution in [2.24, 2.45) is 0 Å². The zero-order valence-electron chi connectivity index (χ0n) is 34.2. The van der Waals surface area contributed by atoms with Gasteiger partial charge in [0.05, 0.1) is 81.0 Å². The molecule has 2 aromatic heterocycles. The minimum Gasteiger partial charge on any atom is -0.309 e. The van der Waals surface area contributed by atoms with Gasteiger partial charge in [0.2, 0.25) is 0 Å². The Kier molecular flexibility index (Phi) is 9.29. The fourth-order valence-electron chi connectivity index (χ4n) is 9.18. The van der Waals surface area contributed by atoms with Crippen LogP contribution in [0.4, 0.5) is 24.5 Å². The van der Waals surface area contributed by atoms with E-state index >= 15 is 13.2 Å². The lowest BCUT2D eigenvalue weighted by molar-refractivity contribution is -0.137. The van der Waals surface area contributed by atoms with Crippen LogP contribution >= 0.6 is 0 Å². The molecule has 10 rings (SSSR count). The summed E-state index contributed by atoms with van der Waals surface area (Å²) in [6.07, 6.45) is -4.73. The topological polar surface area (TPSA) is 90.0 Å². The smallest absolute Gasteiger partial charge is 0.309 e. The summed E-state index contributed by atoms with van der Waals surface area (Å²) in [5, 5.41) is 33.8. The van der Waals surface area contributed by atoms with E-state index in [9.17, 15) is 15.8 Å². The van der Waals surface area contributed by atoms with Crippen molar-refractivity contribution in [3.63, 3.8) is 0 Å². The van der Waals surface area contributed by atoms with Crippen LogP contribution in [-0.2, 0) is 6.18 Å². The first-order valence-corrected chi connectivity index (χ1v) is 20.2. The number of aryl methyl sites for hydroxylation is 1. The fraction of sp³-hybridized carbons (Fsp3) is 0.0364. The van der Waals surface area contributed by atoms with Crippen molar-refractivity contribution in [3.8, 4) is 63.0 Å². The summed E-state index contributed by atoms with van der Waals surface area (Å²) in [4.78, 5) is 7.19. The molecule has 0 N–H and O–H groups in total. The first-order valence-electron chi connectivity index (χ1n) is 20.2. The van der Waals surface area contributed by atoms with Crippen molar-refractivity contribution in [1.82, 2.24) is 9.13 Å². The number of aromatic nitrogens is 2. The van der Waals surface area contributed by atoms with Crippen LogP contribution in [0.1, 0.15) is 27.8 Å². The van der Waals surface area contributed by atoms with E-state index in [4.69, 9.17) is 13.1 Å². The number of alkyl halides is 3. The Hall–Kier alpha value is -9.40. The van der Waals surface area contributed by atoms with Gasteiger partial charge in [0.1, 0.15) is 6.07 Å². The summed E-state index contributed by atoms with van der Waals surface area (Å²) in [6, 6.07) is 50.6. The van der Waals surface area contributed by atoms with E-state index in [-0.39, 0.29) is 16.7 Å². The normalized spacial score (nSPS) is 11.3. The molecule has 0 radical (unpaired) electrons. The fourth-order valence-corrected chi connectivity index (χ4v) is 9.18. The van der Waals surface area contributed by atoms with Crippen molar-refractivity contribution < 1.29 is 13.2 Å². The second kappa shape index (κ2) is 15.2. The maximum Gasteiger partial charge on any atom is 0.417 e. The Morgan fingerprint density at radius 3 is 1.71 bits per heavy atom. The Balaban J connectivity index is 1.29. The van der Waals surface area contributed by atoms with Gasteiger partial charge in [-0.3, -0.25) is 0 Å². The molecular weight excluding hydrogens is 816 g/mol. The van der Waals surface area contributed by atoms with E-state index in [1.165, 1.54) is 6.07 Å². The number of halogens is 3. The molecule has 0 saturated carbocycles. The minimum atomic E-state index is -4.73. The first kappa shape index (κ1) is 39.7. The van der Waals surface area contributed by atoms with Gasteiger partial charge in [0.15, 0.2) is 11.4 Å². The predicted molar refractivity (Wildman–Crippen MR) is 248 cm³/mol. The lowest BCUT2D eigenvalue weighted by Gasteiger charge is -2.22. The summed E-state index contributed by atoms with van der Waals surface area (Å²) in [5.41, 5.74) is 7.57. The molecule has 0 aliphatic carbocycles. The molecular formula is C55H28F3N7. The number of nitrogens with zero attached hydrogens (tertiary/aromatic N) is 7. The molecule has 0 spiro atoms. The highest BCUT2D eigenvalue weighted by atomic mass is 19.4. The summed E-state index contributed by atoms with van der Waals surface area (Å²) in [5.74, 6) is 0. The zero-order valence-corrected chi connectivity index (χ0v) is 34.2. The highest BCUT2D eigenvalue weighted by Crippen LogP contribution is 2.46. The Labute approximate surface area is 370 Å². The van der Waals surface area contributed by atoms with Gasteiger partial charge in [-0.25, -0.2) is 9.69 Å². The zero-order chi connectivity index (χ0) is 45.1. The van der Waals surface area contributed by atoms with Gasteiger partial charge in [0.25, 0.3) is 0 Å². The van der Waals surface area contributed by atoms with E-state index < -0.39 is 11.7 Å². The molecule has 0 aliphatic heterocycles. The third-order valence-electron chi connectivity index (χ3n) is 12.0. The van der Waals surface area contributed by atoms with Crippen LogP contribution < -0.4 is 0 Å². The number of nitriles is 3. The van der Waals surface area contributed by atoms with E-state index in [0.717, 1.165) is 33.2 Å². The van der Waals surface area contributed by atoms with E-state index in [0.29, 0.717) is 78.2 Å². The summed E-state index contributed by atoms with van der Waals surface area (Å²) < 4.78 is 49.7. The summed E-state index contributed by atoms with van der Waals surface area (Å²) in [6.45, 7) is 16.9. The van der Waals surface area contributed by atoms with Crippen molar-refractivity contribution in [2.75, 3.05) is 0 Å². The first-order chi connectivity index (χ1) is 31.6. The molecule has 0 saturated heterocycles. The molecule has 304 valence electrons. The highest BCUT2D eigenvalue weighted by Gasteiger charge is 2.36. The summed E-state index contributed by atoms with van der Waals surface area (Å²) >= 11 is 0. The van der Waals surface area contributed by atoms with Gasteiger partial charge >= 0.3 is 6.18 Å². The number of fused-ring (bicyclic) bond motifs is 6. The van der Waals surface area contributed by atoms with Crippen molar-refractivity contribution >= 4 is 55.0 Å². The van der Waals surface area contributed by atoms with E-state index in [1.54, 1.807) is 61.5 Å². The molecule has 65 heavy (non-hydrogen) atoms. The summed E-state index contributed by atoms with van der Waals surface area (Å²) in [7, 11) is 0. The van der Waals surface area contributed by atoms with Crippen LogP contribution in [-0.4, -0.2) is 9.13 Å². The standard InChI is InChI=1S/C55H28F3N7/c1-32-9-8-12-46(55(56,57)58)54(32)45-28-52(64-48-13-6-4-10-41(48)44-25-35(17-22-50(44)64)40-20-18-38(62-2)27-47(40)63-3)37(31-61)26-53(45)65-49-14-7-5-11-42(49)43-24-34(16-21-51(43)65)39-19-15-33(29-59)23-36(39)30-60/h4-28H,1H3. The predicted octanol–water partition coefficient (Wildman–Crippen LogP) is 14.9. The maximum absolute atomic E-state index is 15.3. The number of rotatable bonds is 5. The van der Waals surface area contributed by atoms with Gasteiger partial charge in [-0.2, -0.15) is 29.0 Å². The third kappa shape index (κ3) is 6.32. The van der Waals surface area contributed by atoms with Crippen LogP contribution in [0.3, 0.4) is 0 Å². The van der Waals surface area contributed by atoms with Gasteiger partial charge in [0, 0.05) is 27.1 Å². The maximum atomic E-state index is 15.3. The molecule has 0 unspecified atom stereocenters. The van der Waals surface area contributed by atoms with Crippen molar-refractivity contribution in [2.45, 2.75) is 13.1 Å². The highest BCUT2D eigenvalue weighted by molar-refractivity contribution is 6.13. The van der Waals surface area contributed by atoms with Gasteiger partial charge < -0.3 is 9.13 Å². The number of hydrogen-bond acceptors (Lipinski definition) is 3. The van der Waals surface area contributed by atoms with Gasteiger partial charge in [-0.1, -0.05) is 84.9 Å². The lowest BCUT2D eigenvalue weighted by atomic mass is 9.91. The Morgan fingerprint density at radius 2 is 1.11 bits per heavy atom. The van der Waals surface area contributed by atoms with Crippen LogP contribution in [0.2, 0.25) is 0 Å². The number of hydrogen-bond donors (Lipinski definition) is 0. The molecule has 0 amide bonds. The third-order valence-corrected chi connectivity index (χ3v) is 12.0. The lowest BCUT2D eigenvalue weighted by Crippen LogP contribution is -2.10. The van der Waals surface area contributed by atoms with E-state index in [1.807, 2.05) is 94.1 Å². The largest absolute Gasteiger partial charge is 0.417 e. The number of para-hydroxylation sites is 2. The van der Waals surface area contributed by atoms with Crippen molar-refractivity contribution in [3.05, 3.63) is 202 Å². The quantitative estimate of drug-likeness (QED) is 0.162. The van der Waals surface area contributed by atoms with Gasteiger partial charge in [-0.05, 0) is 107 Å². The van der Waals surface area contributed by atoms with Crippen LogP contribution in [0, 0.1) is 54.1 Å². The molecule has 10 heteroatoms.